The molecule has 3 aromatic carbocycles. The standard InChI is InChI=1S/C26H18BrCl3N2O5/c1-2-36-22-12-14(11-19(27)23(22)37-13-18-20(29)4-3-5-21(18)30)10-17-24(33)31-26(35)32(25(17)34)16-8-6-15(28)7-9-16/h3-12H,2,13H2,1H3,(H,31,33,35). The van der Waals surface area contributed by atoms with Crippen molar-refractivity contribution >= 4 is 80.3 Å². The smallest absolute Gasteiger partial charge is 0.335 e. The second kappa shape index (κ2) is 11.6. The molecule has 0 aromatic heterocycles. The van der Waals surface area contributed by atoms with Crippen LogP contribution in [0.15, 0.2) is 64.6 Å². The Kier molecular flexibility index (Phi) is 8.44. The zero-order chi connectivity index (χ0) is 26.7. The largest absolute Gasteiger partial charge is 0.490 e. The van der Waals surface area contributed by atoms with Crippen molar-refractivity contribution in [1.82, 2.24) is 5.32 Å². The molecule has 0 radical (unpaired) electrons. The topological polar surface area (TPSA) is 84.9 Å². The Bertz CT molecular complexity index is 1410. The molecule has 7 nitrogen and oxygen atoms in total. The SMILES string of the molecule is CCOc1cc(C=C2C(=O)NC(=O)N(c3ccc(Cl)cc3)C2=O)cc(Br)c1OCc1c(Cl)cccc1Cl. The van der Waals surface area contributed by atoms with Crippen LogP contribution in [0, 0.1) is 0 Å². The number of hydrogen-bond acceptors (Lipinski definition) is 5. The van der Waals surface area contributed by atoms with Crippen molar-refractivity contribution in [1.29, 1.82) is 0 Å². The average molecular weight is 625 g/mol. The predicted molar refractivity (Wildman–Crippen MR) is 147 cm³/mol. The number of rotatable bonds is 7. The van der Waals surface area contributed by atoms with Crippen LogP contribution in [0.3, 0.4) is 0 Å². The summed E-state index contributed by atoms with van der Waals surface area (Å²) in [6.45, 7) is 2.21. The van der Waals surface area contributed by atoms with Crippen LogP contribution in [-0.2, 0) is 16.2 Å². The number of amides is 4. The number of ether oxygens (including phenoxy) is 2. The van der Waals surface area contributed by atoms with Crippen molar-refractivity contribution < 1.29 is 23.9 Å². The Hall–Kier alpha value is -3.04. The van der Waals surface area contributed by atoms with E-state index in [0.29, 0.717) is 48.8 Å². The van der Waals surface area contributed by atoms with E-state index in [2.05, 4.69) is 21.2 Å². The van der Waals surface area contributed by atoms with Gasteiger partial charge in [0, 0.05) is 20.6 Å². The summed E-state index contributed by atoms with van der Waals surface area (Å²) in [5.41, 5.74) is 1.11. The number of halogens is 4. The highest BCUT2D eigenvalue weighted by Crippen LogP contribution is 2.39. The number of carbonyl (C=O) groups is 3. The molecule has 4 amide bonds. The summed E-state index contributed by atoms with van der Waals surface area (Å²) in [6, 6.07) is 13.7. The lowest BCUT2D eigenvalue weighted by Crippen LogP contribution is -2.54. The molecule has 3 aromatic rings. The van der Waals surface area contributed by atoms with Crippen molar-refractivity contribution in [3.63, 3.8) is 0 Å². The summed E-state index contributed by atoms with van der Waals surface area (Å²) in [5.74, 6) is -0.847. The maximum atomic E-state index is 13.2. The van der Waals surface area contributed by atoms with Crippen LogP contribution in [0.25, 0.3) is 6.08 Å². The number of hydrogen-bond donors (Lipinski definition) is 1. The van der Waals surface area contributed by atoms with E-state index in [1.807, 2.05) is 6.92 Å². The van der Waals surface area contributed by atoms with E-state index in [-0.39, 0.29) is 17.9 Å². The molecule has 1 heterocycles. The van der Waals surface area contributed by atoms with Gasteiger partial charge in [0.2, 0.25) is 0 Å². The van der Waals surface area contributed by atoms with Gasteiger partial charge in [0.1, 0.15) is 12.2 Å². The van der Waals surface area contributed by atoms with Crippen molar-refractivity contribution in [2.75, 3.05) is 11.5 Å². The van der Waals surface area contributed by atoms with Crippen LogP contribution < -0.4 is 19.7 Å². The van der Waals surface area contributed by atoms with Gasteiger partial charge < -0.3 is 9.47 Å². The highest BCUT2D eigenvalue weighted by Gasteiger charge is 2.36. The van der Waals surface area contributed by atoms with Gasteiger partial charge in [0.05, 0.1) is 16.8 Å². The molecular weight excluding hydrogens is 607 g/mol. The fourth-order valence-electron chi connectivity index (χ4n) is 3.54. The minimum absolute atomic E-state index is 0.0800. The first kappa shape index (κ1) is 27.0. The summed E-state index contributed by atoms with van der Waals surface area (Å²) in [5, 5.41) is 3.55. The molecule has 0 aliphatic carbocycles. The Labute approximate surface area is 236 Å². The van der Waals surface area contributed by atoms with E-state index in [4.69, 9.17) is 44.3 Å². The molecular formula is C26H18BrCl3N2O5. The molecule has 4 rings (SSSR count). The molecule has 1 fully saturated rings. The molecule has 1 aliphatic rings. The molecule has 37 heavy (non-hydrogen) atoms. The van der Waals surface area contributed by atoms with Crippen LogP contribution in [-0.4, -0.2) is 24.5 Å². The van der Waals surface area contributed by atoms with E-state index in [9.17, 15) is 14.4 Å². The van der Waals surface area contributed by atoms with Crippen LogP contribution in [0.2, 0.25) is 15.1 Å². The van der Waals surface area contributed by atoms with Gasteiger partial charge in [-0.05, 0) is 83.0 Å². The van der Waals surface area contributed by atoms with E-state index in [1.165, 1.54) is 30.3 Å². The summed E-state index contributed by atoms with van der Waals surface area (Å²) < 4.78 is 12.2. The number of nitrogens with zero attached hydrogens (tertiary/aromatic N) is 1. The third-order valence-corrected chi connectivity index (χ3v) is 6.80. The lowest BCUT2D eigenvalue weighted by molar-refractivity contribution is -0.122. The Morgan fingerprint density at radius 2 is 1.65 bits per heavy atom. The van der Waals surface area contributed by atoms with E-state index < -0.39 is 17.8 Å². The zero-order valence-electron chi connectivity index (χ0n) is 19.2. The summed E-state index contributed by atoms with van der Waals surface area (Å²) in [6.07, 6.45) is 1.37. The van der Waals surface area contributed by atoms with Crippen molar-refractivity contribution in [2.45, 2.75) is 13.5 Å². The zero-order valence-corrected chi connectivity index (χ0v) is 23.0. The molecule has 0 unspecified atom stereocenters. The molecule has 0 saturated carbocycles. The first-order chi connectivity index (χ1) is 17.7. The molecule has 1 N–H and O–H groups in total. The highest BCUT2D eigenvalue weighted by atomic mass is 79.9. The number of nitrogens with one attached hydrogen (secondary N) is 1. The van der Waals surface area contributed by atoms with Gasteiger partial charge in [-0.15, -0.1) is 0 Å². The van der Waals surface area contributed by atoms with Gasteiger partial charge in [0.25, 0.3) is 11.8 Å². The van der Waals surface area contributed by atoms with Crippen LogP contribution >= 0.6 is 50.7 Å². The summed E-state index contributed by atoms with van der Waals surface area (Å²) >= 11 is 21.9. The Balaban J connectivity index is 1.67. The van der Waals surface area contributed by atoms with Crippen LogP contribution in [0.1, 0.15) is 18.1 Å². The van der Waals surface area contributed by atoms with Gasteiger partial charge >= 0.3 is 6.03 Å². The van der Waals surface area contributed by atoms with Gasteiger partial charge in [-0.2, -0.15) is 0 Å². The highest BCUT2D eigenvalue weighted by molar-refractivity contribution is 9.10. The van der Waals surface area contributed by atoms with E-state index >= 15 is 0 Å². The fourth-order valence-corrected chi connectivity index (χ4v) is 4.74. The van der Waals surface area contributed by atoms with Gasteiger partial charge in [-0.1, -0.05) is 40.9 Å². The monoisotopic (exact) mass is 622 g/mol. The van der Waals surface area contributed by atoms with Crippen LogP contribution in [0.5, 0.6) is 11.5 Å². The summed E-state index contributed by atoms with van der Waals surface area (Å²) in [7, 11) is 0. The predicted octanol–water partition coefficient (Wildman–Crippen LogP) is 7.05. The normalized spacial score (nSPS) is 14.7. The second-order valence-electron chi connectivity index (χ2n) is 7.69. The first-order valence-electron chi connectivity index (χ1n) is 10.9. The number of benzene rings is 3. The molecule has 0 atom stereocenters. The first-order valence-corrected chi connectivity index (χ1v) is 12.8. The number of urea groups is 1. The number of barbiturate groups is 1. The van der Waals surface area contributed by atoms with Gasteiger partial charge in [-0.25, -0.2) is 9.69 Å². The number of anilines is 1. The molecule has 1 saturated heterocycles. The third-order valence-electron chi connectivity index (χ3n) is 5.25. The van der Waals surface area contributed by atoms with Crippen molar-refractivity contribution in [3.05, 3.63) is 90.8 Å². The van der Waals surface area contributed by atoms with E-state index in [1.54, 1.807) is 30.3 Å². The molecule has 190 valence electrons. The fraction of sp³-hybridized carbons (Fsp3) is 0.115. The molecule has 1 aliphatic heterocycles. The minimum Gasteiger partial charge on any atom is -0.490 e. The maximum absolute atomic E-state index is 13.2. The Morgan fingerprint density at radius 1 is 0.973 bits per heavy atom. The van der Waals surface area contributed by atoms with Crippen molar-refractivity contribution in [3.8, 4) is 11.5 Å². The summed E-state index contributed by atoms with van der Waals surface area (Å²) in [4.78, 5) is 39.0. The third kappa shape index (κ3) is 5.93. The average Bonchev–Trinajstić information content (AvgIpc) is 2.84. The van der Waals surface area contributed by atoms with Gasteiger partial charge in [0.15, 0.2) is 11.5 Å². The maximum Gasteiger partial charge on any atom is 0.335 e. The van der Waals surface area contributed by atoms with E-state index in [0.717, 1.165) is 4.90 Å². The molecule has 11 heteroatoms. The number of imide groups is 2. The van der Waals surface area contributed by atoms with Crippen LogP contribution in [0.4, 0.5) is 10.5 Å². The second-order valence-corrected chi connectivity index (χ2v) is 9.79. The molecule has 0 bridgehead atoms. The molecule has 0 spiro atoms. The minimum atomic E-state index is -0.854. The Morgan fingerprint density at radius 3 is 2.30 bits per heavy atom. The lowest BCUT2D eigenvalue weighted by atomic mass is 10.1. The quantitative estimate of drug-likeness (QED) is 0.225. The lowest BCUT2D eigenvalue weighted by Gasteiger charge is -2.26. The number of carbonyl (C=O) groups excluding carboxylic acids is 3. The van der Waals surface area contributed by atoms with Crippen molar-refractivity contribution in [2.24, 2.45) is 0 Å². The van der Waals surface area contributed by atoms with Gasteiger partial charge in [-0.3, -0.25) is 14.9 Å².